The van der Waals surface area contributed by atoms with Crippen LogP contribution >= 0.6 is 0 Å². The first-order valence-corrected chi connectivity index (χ1v) is 9.27. The fraction of sp³-hybridized carbons (Fsp3) is 0.0455. The molecule has 2 N–H and O–H groups in total. The molecule has 1 amide bonds. The molecular formula is C22H15FN4O5. The number of rotatable bonds is 7. The van der Waals surface area contributed by atoms with Crippen molar-refractivity contribution in [2.75, 3.05) is 12.2 Å². The highest BCUT2D eigenvalue weighted by molar-refractivity contribution is 6.05. The fourth-order valence-electron chi connectivity index (χ4n) is 2.80. The van der Waals surface area contributed by atoms with Gasteiger partial charge in [0.05, 0.1) is 11.0 Å². The smallest absolute Gasteiger partial charge is 0.354 e. The maximum Gasteiger partial charge on any atom is 0.354 e. The monoisotopic (exact) mass is 434 g/mol. The summed E-state index contributed by atoms with van der Waals surface area (Å²) in [5, 5.41) is 11.7. The molecule has 0 unspecified atom stereocenters. The molecule has 0 radical (unpaired) electrons. The summed E-state index contributed by atoms with van der Waals surface area (Å²) in [5.74, 6) is -1.30. The molecule has 32 heavy (non-hydrogen) atoms. The Morgan fingerprint density at radius 3 is 2.34 bits per heavy atom. The molecule has 0 fully saturated rings. The highest BCUT2D eigenvalue weighted by atomic mass is 19.1. The number of carbonyl (C=O) groups excluding carboxylic acids is 1. The van der Waals surface area contributed by atoms with Crippen molar-refractivity contribution in [3.63, 3.8) is 0 Å². The molecule has 0 saturated heterocycles. The number of nitrogens with zero attached hydrogens (tertiary/aromatic N) is 3. The van der Waals surface area contributed by atoms with E-state index < -0.39 is 18.7 Å². The summed E-state index contributed by atoms with van der Waals surface area (Å²) in [6.45, 7) is -0.959. The van der Waals surface area contributed by atoms with Crippen LogP contribution in [0.2, 0.25) is 0 Å². The minimum atomic E-state index is -1.23. The van der Waals surface area contributed by atoms with Gasteiger partial charge in [-0.3, -0.25) is 4.79 Å². The summed E-state index contributed by atoms with van der Waals surface area (Å²) in [4.78, 5) is 36.6. The van der Waals surface area contributed by atoms with E-state index in [0.717, 1.165) is 0 Å². The van der Waals surface area contributed by atoms with Crippen LogP contribution in [-0.2, 0) is 0 Å². The normalized spacial score (nSPS) is 10.5. The second kappa shape index (κ2) is 9.04. The van der Waals surface area contributed by atoms with Crippen LogP contribution in [0.5, 0.6) is 17.4 Å². The number of aromatic nitrogens is 3. The maximum atomic E-state index is 13.0. The van der Waals surface area contributed by atoms with Gasteiger partial charge in [0.15, 0.2) is 5.69 Å². The molecule has 2 aromatic heterocycles. The maximum absolute atomic E-state index is 13.0. The minimum absolute atomic E-state index is 0.0622. The highest BCUT2D eigenvalue weighted by Crippen LogP contribution is 2.27. The van der Waals surface area contributed by atoms with Crippen LogP contribution < -0.4 is 14.8 Å². The van der Waals surface area contributed by atoms with Crippen molar-refractivity contribution in [1.29, 1.82) is 0 Å². The Morgan fingerprint density at radius 2 is 1.66 bits per heavy atom. The Balaban J connectivity index is 1.68. The zero-order valence-electron chi connectivity index (χ0n) is 16.4. The third-order valence-corrected chi connectivity index (χ3v) is 4.25. The predicted molar refractivity (Wildman–Crippen MR) is 112 cm³/mol. The Labute approximate surface area is 180 Å². The number of alkyl halides is 1. The number of benzene rings is 2. The number of para-hydroxylation sites is 2. The fourth-order valence-corrected chi connectivity index (χ4v) is 2.80. The van der Waals surface area contributed by atoms with Crippen LogP contribution in [0.25, 0.3) is 11.0 Å². The van der Waals surface area contributed by atoms with Gasteiger partial charge in [0.25, 0.3) is 11.8 Å². The van der Waals surface area contributed by atoms with Crippen molar-refractivity contribution in [2.24, 2.45) is 0 Å². The molecule has 4 rings (SSSR count). The van der Waals surface area contributed by atoms with Gasteiger partial charge in [-0.25, -0.2) is 24.1 Å². The molecule has 0 saturated carbocycles. The summed E-state index contributed by atoms with van der Waals surface area (Å²) >= 11 is 0. The van der Waals surface area contributed by atoms with Crippen molar-refractivity contribution in [3.05, 3.63) is 78.2 Å². The van der Waals surface area contributed by atoms with Crippen molar-refractivity contribution < 1.29 is 28.6 Å². The first kappa shape index (κ1) is 20.7. The molecular weight excluding hydrogens is 419 g/mol. The van der Waals surface area contributed by atoms with Gasteiger partial charge in [0.1, 0.15) is 17.2 Å². The van der Waals surface area contributed by atoms with E-state index in [1.807, 2.05) is 0 Å². The number of nitrogens with one attached hydrogen (secondary N) is 1. The molecule has 0 spiro atoms. The number of amides is 1. The van der Waals surface area contributed by atoms with Crippen molar-refractivity contribution in [3.8, 4) is 17.4 Å². The quantitative estimate of drug-likeness (QED) is 0.446. The van der Waals surface area contributed by atoms with Gasteiger partial charge in [-0.15, -0.1) is 0 Å². The summed E-state index contributed by atoms with van der Waals surface area (Å²) in [7, 11) is 0. The lowest BCUT2D eigenvalue weighted by molar-refractivity contribution is 0.0690. The minimum Gasteiger partial charge on any atom is -0.477 e. The number of fused-ring (bicyclic) bond motifs is 1. The molecule has 0 aliphatic rings. The van der Waals surface area contributed by atoms with Crippen LogP contribution in [-0.4, -0.2) is 38.8 Å². The average molecular weight is 434 g/mol. The lowest BCUT2D eigenvalue weighted by Crippen LogP contribution is -2.16. The van der Waals surface area contributed by atoms with E-state index in [1.54, 1.807) is 24.3 Å². The van der Waals surface area contributed by atoms with Crippen LogP contribution in [0.15, 0.2) is 66.9 Å². The predicted octanol–water partition coefficient (Wildman–Crippen LogP) is 4.07. The number of hydrogen-bond donors (Lipinski definition) is 2. The molecule has 2 heterocycles. The summed E-state index contributed by atoms with van der Waals surface area (Å²) in [5.41, 5.74) is 0.864. The molecule has 10 heteroatoms. The summed E-state index contributed by atoms with van der Waals surface area (Å²) < 4.78 is 22.9. The van der Waals surface area contributed by atoms with E-state index in [-0.39, 0.29) is 23.0 Å². The first-order chi connectivity index (χ1) is 15.5. The Kier molecular flexibility index (Phi) is 5.84. The van der Waals surface area contributed by atoms with Crippen LogP contribution in [0.4, 0.5) is 10.1 Å². The van der Waals surface area contributed by atoms with E-state index in [4.69, 9.17) is 14.6 Å². The van der Waals surface area contributed by atoms with Crippen molar-refractivity contribution in [1.82, 2.24) is 15.0 Å². The van der Waals surface area contributed by atoms with Gasteiger partial charge in [-0.1, -0.05) is 12.1 Å². The van der Waals surface area contributed by atoms with Crippen molar-refractivity contribution in [2.45, 2.75) is 0 Å². The molecule has 0 atom stereocenters. The first-order valence-electron chi connectivity index (χ1n) is 9.27. The van der Waals surface area contributed by atoms with Crippen LogP contribution in [0.3, 0.4) is 0 Å². The topological polar surface area (TPSA) is 124 Å². The molecule has 4 aromatic rings. The van der Waals surface area contributed by atoms with Crippen molar-refractivity contribution >= 4 is 28.6 Å². The third-order valence-electron chi connectivity index (χ3n) is 4.25. The third kappa shape index (κ3) is 4.59. The molecule has 0 aliphatic carbocycles. The standard InChI is InChI=1S/C22H15FN4O5/c23-12-31-14-5-7-15(8-6-14)32-21-19(26-16-3-1-2-4-17(16)27-21)20(28)25-13-9-10-24-18(11-13)22(29)30/h1-11H,12H2,(H,29,30)(H,24,25,28). The number of carboxylic acids is 1. The van der Waals surface area contributed by atoms with Gasteiger partial charge in [0, 0.05) is 11.9 Å². The van der Waals surface area contributed by atoms with E-state index in [1.165, 1.54) is 42.6 Å². The largest absolute Gasteiger partial charge is 0.477 e. The number of anilines is 1. The molecule has 9 nitrogen and oxygen atoms in total. The molecule has 2 aromatic carbocycles. The van der Waals surface area contributed by atoms with Gasteiger partial charge in [-0.05, 0) is 48.5 Å². The van der Waals surface area contributed by atoms with Gasteiger partial charge in [0.2, 0.25) is 6.86 Å². The Hall–Kier alpha value is -4.60. The highest BCUT2D eigenvalue weighted by Gasteiger charge is 2.19. The SMILES string of the molecule is O=C(O)c1cc(NC(=O)c2nc3ccccc3nc2Oc2ccc(OCF)cc2)ccn1. The zero-order valence-corrected chi connectivity index (χ0v) is 16.4. The zero-order chi connectivity index (χ0) is 22.5. The number of carbonyl (C=O) groups is 2. The number of aromatic carboxylic acids is 1. The summed E-state index contributed by atoms with van der Waals surface area (Å²) in [6.07, 6.45) is 1.27. The number of pyridine rings is 1. The second-order valence-corrected chi connectivity index (χ2v) is 6.38. The van der Waals surface area contributed by atoms with Crippen LogP contribution in [0, 0.1) is 0 Å². The summed E-state index contributed by atoms with van der Waals surface area (Å²) in [6, 6.07) is 15.7. The Bertz CT molecular complexity index is 1300. The molecule has 160 valence electrons. The number of ether oxygens (including phenoxy) is 2. The lowest BCUT2D eigenvalue weighted by atomic mass is 10.2. The Morgan fingerprint density at radius 1 is 0.969 bits per heavy atom. The van der Waals surface area contributed by atoms with E-state index in [2.05, 4.69) is 20.3 Å². The lowest BCUT2D eigenvalue weighted by Gasteiger charge is -2.12. The average Bonchev–Trinajstić information content (AvgIpc) is 2.80. The van der Waals surface area contributed by atoms with E-state index in [9.17, 15) is 14.0 Å². The molecule has 0 bridgehead atoms. The van der Waals surface area contributed by atoms with Gasteiger partial charge >= 0.3 is 5.97 Å². The second-order valence-electron chi connectivity index (χ2n) is 6.38. The number of hydrogen-bond acceptors (Lipinski definition) is 7. The molecule has 0 aliphatic heterocycles. The van der Waals surface area contributed by atoms with Crippen LogP contribution in [0.1, 0.15) is 21.0 Å². The number of carboxylic acid groups (broad SMARTS) is 1. The van der Waals surface area contributed by atoms with E-state index >= 15 is 0 Å². The van der Waals surface area contributed by atoms with Gasteiger partial charge < -0.3 is 19.9 Å². The van der Waals surface area contributed by atoms with Gasteiger partial charge in [-0.2, -0.15) is 0 Å². The number of halogens is 1. The van der Waals surface area contributed by atoms with E-state index in [0.29, 0.717) is 22.5 Å².